The van der Waals surface area contributed by atoms with Gasteiger partial charge in [-0.15, -0.1) is 0 Å². The molecule has 0 aliphatic rings. The van der Waals surface area contributed by atoms with E-state index in [1.807, 2.05) is 0 Å². The monoisotopic (exact) mass is 387 g/mol. The summed E-state index contributed by atoms with van der Waals surface area (Å²) in [6.07, 6.45) is 1.48. The number of hydrogen-bond acceptors (Lipinski definition) is 4. The number of carbonyl (C=O) groups is 1. The van der Waals surface area contributed by atoms with E-state index in [2.05, 4.69) is 15.6 Å². The van der Waals surface area contributed by atoms with E-state index in [1.54, 1.807) is 61.7 Å². The first-order valence-electron chi connectivity index (χ1n) is 7.69. The van der Waals surface area contributed by atoms with Gasteiger partial charge in [0.2, 0.25) is 0 Å². The Kier molecular flexibility index (Phi) is 5.61. The number of carbonyl (C=O) groups excluding carboxylic acids is 1. The minimum absolute atomic E-state index is 0.294. The number of aromatic nitrogens is 1. The molecule has 132 valence electrons. The first kappa shape index (κ1) is 18.0. The van der Waals surface area contributed by atoms with Gasteiger partial charge < -0.3 is 15.4 Å². The maximum Gasteiger partial charge on any atom is 0.257 e. The van der Waals surface area contributed by atoms with Crippen LogP contribution in [-0.4, -0.2) is 18.0 Å². The van der Waals surface area contributed by atoms with E-state index >= 15 is 0 Å². The van der Waals surface area contributed by atoms with Crippen LogP contribution < -0.4 is 15.4 Å². The highest BCUT2D eigenvalue weighted by atomic mass is 35.5. The largest absolute Gasteiger partial charge is 0.495 e. The summed E-state index contributed by atoms with van der Waals surface area (Å²) >= 11 is 12.1. The second kappa shape index (κ2) is 8.08. The Morgan fingerprint density at radius 2 is 1.85 bits per heavy atom. The number of para-hydroxylation sites is 1. The Bertz CT molecular complexity index is 930. The maximum absolute atomic E-state index is 12.3. The molecule has 0 aliphatic heterocycles. The molecule has 1 heterocycles. The van der Waals surface area contributed by atoms with Gasteiger partial charge in [-0.3, -0.25) is 4.79 Å². The summed E-state index contributed by atoms with van der Waals surface area (Å²) in [4.78, 5) is 16.6. The third-order valence-corrected chi connectivity index (χ3v) is 4.14. The molecule has 0 spiro atoms. The van der Waals surface area contributed by atoms with Gasteiger partial charge in [-0.1, -0.05) is 35.3 Å². The second-order valence-corrected chi connectivity index (χ2v) is 6.18. The molecule has 5 nitrogen and oxygen atoms in total. The molecule has 2 aromatic carbocycles. The van der Waals surface area contributed by atoms with E-state index < -0.39 is 0 Å². The Morgan fingerprint density at radius 3 is 2.54 bits per heavy atom. The Balaban J connectivity index is 1.73. The Labute approximate surface area is 160 Å². The molecule has 1 amide bonds. The first-order valence-corrected chi connectivity index (χ1v) is 8.45. The van der Waals surface area contributed by atoms with E-state index in [0.29, 0.717) is 38.6 Å². The van der Waals surface area contributed by atoms with Crippen LogP contribution in [0.4, 0.5) is 17.2 Å². The number of nitrogens with one attached hydrogen (secondary N) is 2. The molecule has 1 aromatic heterocycles. The van der Waals surface area contributed by atoms with Crippen molar-refractivity contribution in [2.45, 2.75) is 0 Å². The van der Waals surface area contributed by atoms with Crippen LogP contribution in [0.2, 0.25) is 10.0 Å². The maximum atomic E-state index is 12.3. The highest BCUT2D eigenvalue weighted by molar-refractivity contribution is 6.33. The van der Waals surface area contributed by atoms with Crippen LogP contribution in [0, 0.1) is 0 Å². The highest BCUT2D eigenvalue weighted by Crippen LogP contribution is 2.30. The summed E-state index contributed by atoms with van der Waals surface area (Å²) in [6.45, 7) is 0. The first-order chi connectivity index (χ1) is 12.6. The lowest BCUT2D eigenvalue weighted by Crippen LogP contribution is -2.12. The third kappa shape index (κ3) is 4.25. The van der Waals surface area contributed by atoms with Crippen LogP contribution in [0.3, 0.4) is 0 Å². The molecule has 0 aliphatic carbocycles. The normalized spacial score (nSPS) is 10.3. The highest BCUT2D eigenvalue weighted by Gasteiger charge is 2.10. The van der Waals surface area contributed by atoms with Gasteiger partial charge in [0.1, 0.15) is 11.6 Å². The predicted octanol–water partition coefficient (Wildman–Crippen LogP) is 5.39. The summed E-state index contributed by atoms with van der Waals surface area (Å²) in [7, 11) is 1.57. The molecule has 3 rings (SSSR count). The molecule has 2 N–H and O–H groups in total. The van der Waals surface area contributed by atoms with Crippen molar-refractivity contribution in [3.05, 3.63) is 76.4 Å². The van der Waals surface area contributed by atoms with Gasteiger partial charge in [0, 0.05) is 11.2 Å². The SMILES string of the molecule is COc1ccc(Cl)cc1Nc1ccc(C(=O)Nc2ccccc2Cl)cn1. The van der Waals surface area contributed by atoms with Crippen LogP contribution in [-0.2, 0) is 0 Å². The van der Waals surface area contributed by atoms with E-state index in [9.17, 15) is 4.79 Å². The number of hydrogen-bond donors (Lipinski definition) is 2. The number of pyridine rings is 1. The van der Waals surface area contributed by atoms with Crippen LogP contribution in [0.25, 0.3) is 0 Å². The average Bonchev–Trinajstić information content (AvgIpc) is 2.64. The lowest BCUT2D eigenvalue weighted by molar-refractivity contribution is 0.102. The molecule has 0 bridgehead atoms. The fourth-order valence-corrected chi connectivity index (χ4v) is 2.63. The number of anilines is 3. The molecule has 0 unspecified atom stereocenters. The molecule has 0 saturated heterocycles. The molecular formula is C19H15Cl2N3O2. The zero-order valence-electron chi connectivity index (χ0n) is 13.8. The quantitative estimate of drug-likeness (QED) is 0.615. The van der Waals surface area contributed by atoms with Crippen LogP contribution in [0.1, 0.15) is 10.4 Å². The number of rotatable bonds is 5. The van der Waals surface area contributed by atoms with Crippen molar-refractivity contribution in [3.63, 3.8) is 0 Å². The standard InChI is InChI=1S/C19H15Cl2N3O2/c1-26-17-8-7-13(20)10-16(17)23-18-9-6-12(11-22-18)19(25)24-15-5-3-2-4-14(15)21/h2-11H,1H3,(H,22,23)(H,24,25). The van der Waals surface area contributed by atoms with Gasteiger partial charge in [0.05, 0.1) is 29.1 Å². The number of amides is 1. The van der Waals surface area contributed by atoms with E-state index in [0.717, 1.165) is 0 Å². The van der Waals surface area contributed by atoms with Gasteiger partial charge in [-0.25, -0.2) is 4.98 Å². The van der Waals surface area contributed by atoms with Crippen molar-refractivity contribution >= 4 is 46.3 Å². The number of halogens is 2. The topological polar surface area (TPSA) is 63.2 Å². The number of ether oxygens (including phenoxy) is 1. The van der Waals surface area contributed by atoms with Gasteiger partial charge in [0.25, 0.3) is 5.91 Å². The third-order valence-electron chi connectivity index (χ3n) is 3.57. The number of nitrogens with zero attached hydrogens (tertiary/aromatic N) is 1. The Hall–Kier alpha value is -2.76. The number of methoxy groups -OCH3 is 1. The minimum Gasteiger partial charge on any atom is -0.495 e. The molecule has 0 radical (unpaired) electrons. The smallest absolute Gasteiger partial charge is 0.257 e. The summed E-state index contributed by atoms with van der Waals surface area (Å²) in [6, 6.07) is 15.6. The molecule has 0 atom stereocenters. The summed E-state index contributed by atoms with van der Waals surface area (Å²) < 4.78 is 5.29. The zero-order valence-corrected chi connectivity index (χ0v) is 15.3. The van der Waals surface area contributed by atoms with Crippen molar-refractivity contribution in [2.24, 2.45) is 0 Å². The lowest BCUT2D eigenvalue weighted by Gasteiger charge is -2.11. The molecule has 26 heavy (non-hydrogen) atoms. The zero-order chi connectivity index (χ0) is 18.5. The van der Waals surface area contributed by atoms with Crippen LogP contribution in [0.5, 0.6) is 5.75 Å². The summed E-state index contributed by atoms with van der Waals surface area (Å²) in [5, 5.41) is 6.91. The second-order valence-electron chi connectivity index (χ2n) is 5.34. The molecule has 0 saturated carbocycles. The summed E-state index contributed by atoms with van der Waals surface area (Å²) in [5.41, 5.74) is 1.64. The van der Waals surface area contributed by atoms with Crippen LogP contribution >= 0.6 is 23.2 Å². The van der Waals surface area contributed by atoms with E-state index in [1.165, 1.54) is 6.20 Å². The lowest BCUT2D eigenvalue weighted by atomic mass is 10.2. The fourth-order valence-electron chi connectivity index (χ4n) is 2.28. The minimum atomic E-state index is -0.294. The van der Waals surface area contributed by atoms with Crippen molar-refractivity contribution < 1.29 is 9.53 Å². The number of benzene rings is 2. The van der Waals surface area contributed by atoms with Gasteiger partial charge in [0.15, 0.2) is 0 Å². The van der Waals surface area contributed by atoms with Gasteiger partial charge in [-0.2, -0.15) is 0 Å². The van der Waals surface area contributed by atoms with Crippen molar-refractivity contribution in [2.75, 3.05) is 17.7 Å². The van der Waals surface area contributed by atoms with Gasteiger partial charge >= 0.3 is 0 Å². The van der Waals surface area contributed by atoms with Gasteiger partial charge in [-0.05, 0) is 42.5 Å². The molecule has 7 heteroatoms. The predicted molar refractivity (Wildman–Crippen MR) is 105 cm³/mol. The fraction of sp³-hybridized carbons (Fsp3) is 0.0526. The Morgan fingerprint density at radius 1 is 1.04 bits per heavy atom. The van der Waals surface area contributed by atoms with E-state index in [-0.39, 0.29) is 5.91 Å². The molecular weight excluding hydrogens is 373 g/mol. The summed E-state index contributed by atoms with van der Waals surface area (Å²) in [5.74, 6) is 0.897. The van der Waals surface area contributed by atoms with Crippen molar-refractivity contribution in [1.82, 2.24) is 4.98 Å². The van der Waals surface area contributed by atoms with Crippen molar-refractivity contribution in [1.29, 1.82) is 0 Å². The van der Waals surface area contributed by atoms with E-state index in [4.69, 9.17) is 27.9 Å². The van der Waals surface area contributed by atoms with Crippen molar-refractivity contribution in [3.8, 4) is 5.75 Å². The molecule has 0 fully saturated rings. The molecule has 3 aromatic rings. The van der Waals surface area contributed by atoms with Crippen LogP contribution in [0.15, 0.2) is 60.8 Å². The average molecular weight is 388 g/mol.